The van der Waals surface area contributed by atoms with Crippen LogP contribution >= 0.6 is 11.6 Å². The highest BCUT2D eigenvalue weighted by Crippen LogP contribution is 2.30. The Morgan fingerprint density at radius 2 is 1.65 bits per heavy atom. The van der Waals surface area contributed by atoms with Gasteiger partial charge in [-0.1, -0.05) is 11.6 Å². The highest BCUT2D eigenvalue weighted by atomic mass is 35.5. The van der Waals surface area contributed by atoms with Gasteiger partial charge >= 0.3 is 6.18 Å². The lowest BCUT2D eigenvalue weighted by Gasteiger charge is -2.11. The molecule has 0 aliphatic rings. The van der Waals surface area contributed by atoms with Crippen molar-refractivity contribution in [2.24, 2.45) is 0 Å². The van der Waals surface area contributed by atoms with E-state index in [2.05, 4.69) is 15.3 Å². The van der Waals surface area contributed by atoms with Crippen LogP contribution in [0.15, 0.2) is 24.3 Å². The number of nitrogens with one attached hydrogen (secondary N) is 1. The SMILES string of the molecule is Cc1nc(Cl)c(C)c(Nc2ccc(C(F)(F)F)cc2)n1. The van der Waals surface area contributed by atoms with E-state index in [9.17, 15) is 13.2 Å². The third-order valence-electron chi connectivity index (χ3n) is 2.67. The van der Waals surface area contributed by atoms with E-state index in [1.165, 1.54) is 12.1 Å². The van der Waals surface area contributed by atoms with Crippen LogP contribution in [0.3, 0.4) is 0 Å². The van der Waals surface area contributed by atoms with Crippen molar-refractivity contribution in [3.63, 3.8) is 0 Å². The van der Waals surface area contributed by atoms with Crippen LogP contribution in [0.2, 0.25) is 5.15 Å². The second-order valence-corrected chi connectivity index (χ2v) is 4.59. The van der Waals surface area contributed by atoms with Crippen molar-refractivity contribution in [1.29, 1.82) is 0 Å². The van der Waals surface area contributed by atoms with Gasteiger partial charge in [0.2, 0.25) is 0 Å². The fourth-order valence-electron chi connectivity index (χ4n) is 1.60. The maximum absolute atomic E-state index is 12.5. The number of benzene rings is 1. The molecule has 1 heterocycles. The maximum Gasteiger partial charge on any atom is 0.416 e. The fourth-order valence-corrected chi connectivity index (χ4v) is 1.81. The molecule has 0 saturated heterocycles. The number of halogens is 4. The summed E-state index contributed by atoms with van der Waals surface area (Å²) in [6.07, 6.45) is -4.34. The third kappa shape index (κ3) is 3.19. The van der Waals surface area contributed by atoms with Crippen molar-refractivity contribution in [1.82, 2.24) is 9.97 Å². The van der Waals surface area contributed by atoms with Crippen molar-refractivity contribution in [2.75, 3.05) is 5.32 Å². The fraction of sp³-hybridized carbons (Fsp3) is 0.231. The molecule has 2 rings (SSSR count). The largest absolute Gasteiger partial charge is 0.416 e. The molecular weight excluding hydrogens is 291 g/mol. The van der Waals surface area contributed by atoms with Crippen LogP contribution in [0.4, 0.5) is 24.7 Å². The first-order valence-corrected chi connectivity index (χ1v) is 6.10. The van der Waals surface area contributed by atoms with E-state index in [4.69, 9.17) is 11.6 Å². The average Bonchev–Trinajstić information content (AvgIpc) is 2.35. The monoisotopic (exact) mass is 301 g/mol. The van der Waals surface area contributed by atoms with Gasteiger partial charge in [-0.15, -0.1) is 0 Å². The second kappa shape index (κ2) is 5.28. The Kier molecular flexibility index (Phi) is 3.85. The molecule has 0 aliphatic carbocycles. The zero-order valence-electron chi connectivity index (χ0n) is 10.7. The van der Waals surface area contributed by atoms with Gasteiger partial charge in [0.15, 0.2) is 0 Å². The van der Waals surface area contributed by atoms with E-state index >= 15 is 0 Å². The maximum atomic E-state index is 12.5. The number of nitrogens with zero attached hydrogens (tertiary/aromatic N) is 2. The summed E-state index contributed by atoms with van der Waals surface area (Å²) in [7, 11) is 0. The molecule has 0 bridgehead atoms. The Balaban J connectivity index is 2.27. The van der Waals surface area contributed by atoms with Crippen molar-refractivity contribution in [2.45, 2.75) is 20.0 Å². The summed E-state index contributed by atoms with van der Waals surface area (Å²) in [4.78, 5) is 8.16. The van der Waals surface area contributed by atoms with Gasteiger partial charge in [0.05, 0.1) is 5.56 Å². The highest BCUT2D eigenvalue weighted by Gasteiger charge is 2.29. The summed E-state index contributed by atoms with van der Waals surface area (Å²) in [5.41, 5.74) is 0.434. The van der Waals surface area contributed by atoms with Crippen LogP contribution in [-0.2, 0) is 6.18 Å². The van der Waals surface area contributed by atoms with Crippen LogP contribution in [-0.4, -0.2) is 9.97 Å². The first-order chi connectivity index (χ1) is 9.27. The van der Waals surface area contributed by atoms with Gasteiger partial charge in [0.25, 0.3) is 0 Å². The Hall–Kier alpha value is -1.82. The van der Waals surface area contributed by atoms with Gasteiger partial charge in [-0.05, 0) is 38.1 Å². The van der Waals surface area contributed by atoms with Gasteiger partial charge in [0, 0.05) is 11.3 Å². The second-order valence-electron chi connectivity index (χ2n) is 4.24. The third-order valence-corrected chi connectivity index (χ3v) is 3.04. The van der Waals surface area contributed by atoms with Crippen LogP contribution in [0, 0.1) is 13.8 Å². The molecule has 106 valence electrons. The summed E-state index contributed by atoms with van der Waals surface area (Å²) >= 11 is 5.93. The molecule has 0 saturated carbocycles. The van der Waals surface area contributed by atoms with Crippen LogP contribution < -0.4 is 5.32 Å². The first-order valence-electron chi connectivity index (χ1n) is 5.72. The number of aryl methyl sites for hydroxylation is 1. The van der Waals surface area contributed by atoms with Crippen molar-refractivity contribution in [3.8, 4) is 0 Å². The highest BCUT2D eigenvalue weighted by molar-refractivity contribution is 6.30. The molecule has 0 radical (unpaired) electrons. The number of hydrogen-bond acceptors (Lipinski definition) is 3. The van der Waals surface area contributed by atoms with Crippen LogP contribution in [0.1, 0.15) is 17.0 Å². The summed E-state index contributed by atoms with van der Waals surface area (Å²) in [6.45, 7) is 3.41. The number of alkyl halides is 3. The Labute approximate surface area is 118 Å². The van der Waals surface area contributed by atoms with Crippen molar-refractivity contribution in [3.05, 3.63) is 46.4 Å². The molecule has 0 unspecified atom stereocenters. The van der Waals surface area contributed by atoms with Gasteiger partial charge in [-0.3, -0.25) is 0 Å². The Morgan fingerprint density at radius 1 is 1.05 bits per heavy atom. The predicted octanol–water partition coefficient (Wildman–Crippen LogP) is 4.51. The average molecular weight is 302 g/mol. The molecule has 7 heteroatoms. The minimum atomic E-state index is -4.34. The molecule has 0 spiro atoms. The minimum Gasteiger partial charge on any atom is -0.340 e. The Morgan fingerprint density at radius 3 is 2.20 bits per heavy atom. The molecule has 2 aromatic rings. The minimum absolute atomic E-state index is 0.312. The number of aromatic nitrogens is 2. The summed E-state index contributed by atoms with van der Waals surface area (Å²) in [6, 6.07) is 4.70. The first kappa shape index (κ1) is 14.6. The number of hydrogen-bond donors (Lipinski definition) is 1. The predicted molar refractivity (Wildman–Crippen MR) is 71.2 cm³/mol. The molecule has 20 heavy (non-hydrogen) atoms. The molecule has 3 nitrogen and oxygen atoms in total. The van der Waals surface area contributed by atoms with E-state index in [0.29, 0.717) is 28.0 Å². The van der Waals surface area contributed by atoms with Crippen molar-refractivity contribution < 1.29 is 13.2 Å². The van der Waals surface area contributed by atoms with E-state index < -0.39 is 11.7 Å². The smallest absolute Gasteiger partial charge is 0.340 e. The molecule has 1 N–H and O–H groups in total. The van der Waals surface area contributed by atoms with Gasteiger partial charge < -0.3 is 5.32 Å². The lowest BCUT2D eigenvalue weighted by molar-refractivity contribution is -0.137. The zero-order valence-corrected chi connectivity index (χ0v) is 11.5. The van der Waals surface area contributed by atoms with Crippen LogP contribution in [0.25, 0.3) is 0 Å². The molecule has 0 amide bonds. The molecule has 1 aromatic carbocycles. The molecular formula is C13H11ClF3N3. The topological polar surface area (TPSA) is 37.8 Å². The summed E-state index contributed by atoms with van der Waals surface area (Å²) in [5, 5.41) is 3.24. The number of rotatable bonds is 2. The van der Waals surface area contributed by atoms with Crippen LogP contribution in [0.5, 0.6) is 0 Å². The zero-order chi connectivity index (χ0) is 14.9. The normalized spacial score (nSPS) is 11.5. The van der Waals surface area contributed by atoms with Gasteiger partial charge in [-0.2, -0.15) is 13.2 Å². The van der Waals surface area contributed by atoms with Gasteiger partial charge in [0.1, 0.15) is 16.8 Å². The van der Waals surface area contributed by atoms with Crippen molar-refractivity contribution >= 4 is 23.1 Å². The van der Waals surface area contributed by atoms with E-state index in [1.807, 2.05) is 0 Å². The quantitative estimate of drug-likeness (QED) is 0.829. The molecule has 0 atom stereocenters. The lowest BCUT2D eigenvalue weighted by atomic mass is 10.2. The Bertz CT molecular complexity index is 624. The lowest BCUT2D eigenvalue weighted by Crippen LogP contribution is -2.05. The standard InChI is InChI=1S/C13H11ClF3N3/c1-7-11(14)18-8(2)19-12(7)20-10-5-3-9(4-6-10)13(15,16)17/h3-6H,1-2H3,(H,18,19,20). The molecule has 0 fully saturated rings. The summed E-state index contributed by atoms with van der Waals surface area (Å²) in [5.74, 6) is 0.956. The number of anilines is 2. The summed E-state index contributed by atoms with van der Waals surface area (Å²) < 4.78 is 37.4. The molecule has 0 aliphatic heterocycles. The van der Waals surface area contributed by atoms with E-state index in [0.717, 1.165) is 12.1 Å². The molecule has 1 aromatic heterocycles. The van der Waals surface area contributed by atoms with E-state index in [1.54, 1.807) is 13.8 Å². The van der Waals surface area contributed by atoms with E-state index in [-0.39, 0.29) is 0 Å². The van der Waals surface area contributed by atoms with Gasteiger partial charge in [-0.25, -0.2) is 9.97 Å².